The molecule has 1 heterocycles. The van der Waals surface area contributed by atoms with Crippen LogP contribution in [0.2, 0.25) is 0 Å². The minimum Gasteiger partial charge on any atom is -0.497 e. The largest absolute Gasteiger partial charge is 0.497 e. The summed E-state index contributed by atoms with van der Waals surface area (Å²) in [6.07, 6.45) is 3.56. The molecular formula is C17H22N2O2. The van der Waals surface area contributed by atoms with Crippen molar-refractivity contribution in [3.63, 3.8) is 0 Å². The first-order valence-corrected chi connectivity index (χ1v) is 7.03. The zero-order valence-electron chi connectivity index (χ0n) is 13.0. The molecule has 0 unspecified atom stereocenters. The van der Waals surface area contributed by atoms with Gasteiger partial charge in [-0.05, 0) is 29.3 Å². The Hall–Kier alpha value is -2.07. The van der Waals surface area contributed by atoms with Crippen LogP contribution in [0.15, 0.2) is 36.7 Å². The molecule has 1 aromatic heterocycles. The normalized spacial score (nSPS) is 10.7. The van der Waals surface area contributed by atoms with Crippen molar-refractivity contribution in [3.05, 3.63) is 42.2 Å². The first-order chi connectivity index (χ1) is 10.1. The second-order valence-electron chi connectivity index (χ2n) is 5.17. The van der Waals surface area contributed by atoms with E-state index in [0.29, 0.717) is 6.04 Å². The van der Waals surface area contributed by atoms with E-state index in [1.165, 1.54) is 5.56 Å². The quantitative estimate of drug-likeness (QED) is 0.885. The summed E-state index contributed by atoms with van der Waals surface area (Å²) in [6.45, 7) is 5.04. The second-order valence-corrected chi connectivity index (χ2v) is 5.17. The molecule has 4 heteroatoms. The average Bonchev–Trinajstić information content (AvgIpc) is 2.52. The van der Waals surface area contributed by atoms with Crippen LogP contribution in [0.5, 0.6) is 11.5 Å². The summed E-state index contributed by atoms with van der Waals surface area (Å²) < 4.78 is 10.6. The minimum absolute atomic E-state index is 0.424. The first-order valence-electron chi connectivity index (χ1n) is 7.03. The Labute approximate surface area is 126 Å². The van der Waals surface area contributed by atoms with Gasteiger partial charge in [-0.2, -0.15) is 0 Å². The maximum absolute atomic E-state index is 5.33. The standard InChI is InChI=1S/C17H22N2O2/c1-12(2)19-10-14-7-15(20-3)5-6-17(14)13-8-16(21-4)11-18-9-13/h5-9,11-12,19H,10H2,1-4H3. The van der Waals surface area contributed by atoms with Crippen molar-refractivity contribution in [1.29, 1.82) is 0 Å². The van der Waals surface area contributed by atoms with Gasteiger partial charge < -0.3 is 14.8 Å². The Morgan fingerprint density at radius 2 is 1.81 bits per heavy atom. The summed E-state index contributed by atoms with van der Waals surface area (Å²) in [5, 5.41) is 3.44. The minimum atomic E-state index is 0.424. The molecule has 0 saturated heterocycles. The number of nitrogens with one attached hydrogen (secondary N) is 1. The molecule has 0 aliphatic rings. The molecule has 0 amide bonds. The van der Waals surface area contributed by atoms with Gasteiger partial charge in [-0.25, -0.2) is 0 Å². The van der Waals surface area contributed by atoms with Crippen molar-refractivity contribution in [2.24, 2.45) is 0 Å². The van der Waals surface area contributed by atoms with E-state index in [9.17, 15) is 0 Å². The van der Waals surface area contributed by atoms with Gasteiger partial charge in [0.1, 0.15) is 11.5 Å². The van der Waals surface area contributed by atoms with Crippen LogP contribution in [0.25, 0.3) is 11.1 Å². The van der Waals surface area contributed by atoms with Gasteiger partial charge in [0.15, 0.2) is 0 Å². The highest BCUT2D eigenvalue weighted by molar-refractivity contribution is 5.68. The number of hydrogen-bond donors (Lipinski definition) is 1. The predicted octanol–water partition coefficient (Wildman–Crippen LogP) is 3.26. The molecule has 2 rings (SSSR count). The lowest BCUT2D eigenvalue weighted by atomic mass is 10.0. The third kappa shape index (κ3) is 3.95. The van der Waals surface area contributed by atoms with Crippen molar-refractivity contribution in [2.45, 2.75) is 26.4 Å². The van der Waals surface area contributed by atoms with Crippen molar-refractivity contribution in [1.82, 2.24) is 10.3 Å². The summed E-state index contributed by atoms with van der Waals surface area (Å²) in [5.41, 5.74) is 3.35. The van der Waals surface area contributed by atoms with E-state index in [1.807, 2.05) is 18.3 Å². The maximum atomic E-state index is 5.33. The number of methoxy groups -OCH3 is 2. The molecule has 2 aromatic rings. The zero-order valence-corrected chi connectivity index (χ0v) is 13.0. The maximum Gasteiger partial charge on any atom is 0.137 e. The SMILES string of the molecule is COc1cncc(-c2ccc(OC)cc2CNC(C)C)c1. The number of aromatic nitrogens is 1. The number of nitrogens with zero attached hydrogens (tertiary/aromatic N) is 1. The Morgan fingerprint density at radius 1 is 1.05 bits per heavy atom. The van der Waals surface area contributed by atoms with E-state index < -0.39 is 0 Å². The summed E-state index contributed by atoms with van der Waals surface area (Å²) in [4.78, 5) is 4.23. The second kappa shape index (κ2) is 7.09. The van der Waals surface area contributed by atoms with Gasteiger partial charge in [-0.1, -0.05) is 19.9 Å². The van der Waals surface area contributed by atoms with Crippen LogP contribution in [0.1, 0.15) is 19.4 Å². The topological polar surface area (TPSA) is 43.4 Å². The molecular weight excluding hydrogens is 264 g/mol. The highest BCUT2D eigenvalue weighted by atomic mass is 16.5. The molecule has 112 valence electrons. The molecule has 1 N–H and O–H groups in total. The van der Waals surface area contributed by atoms with Gasteiger partial charge in [-0.3, -0.25) is 4.98 Å². The molecule has 21 heavy (non-hydrogen) atoms. The smallest absolute Gasteiger partial charge is 0.137 e. The summed E-state index contributed by atoms with van der Waals surface area (Å²) in [6, 6.07) is 8.51. The van der Waals surface area contributed by atoms with E-state index in [1.54, 1.807) is 20.4 Å². The summed E-state index contributed by atoms with van der Waals surface area (Å²) >= 11 is 0. The lowest BCUT2D eigenvalue weighted by molar-refractivity contribution is 0.413. The third-order valence-corrected chi connectivity index (χ3v) is 3.27. The van der Waals surface area contributed by atoms with E-state index in [0.717, 1.165) is 29.2 Å². The monoisotopic (exact) mass is 286 g/mol. The molecule has 0 bridgehead atoms. The fourth-order valence-electron chi connectivity index (χ4n) is 2.12. The lowest BCUT2D eigenvalue weighted by Gasteiger charge is -2.14. The van der Waals surface area contributed by atoms with Gasteiger partial charge in [-0.15, -0.1) is 0 Å². The Bertz CT molecular complexity index is 597. The number of hydrogen-bond acceptors (Lipinski definition) is 4. The zero-order chi connectivity index (χ0) is 15.2. The molecule has 0 saturated carbocycles. The number of benzene rings is 1. The number of pyridine rings is 1. The molecule has 4 nitrogen and oxygen atoms in total. The fourth-order valence-corrected chi connectivity index (χ4v) is 2.12. The van der Waals surface area contributed by atoms with Gasteiger partial charge in [0, 0.05) is 24.3 Å². The number of rotatable bonds is 6. The van der Waals surface area contributed by atoms with E-state index >= 15 is 0 Å². The van der Waals surface area contributed by atoms with Crippen LogP contribution in [-0.2, 0) is 6.54 Å². The van der Waals surface area contributed by atoms with Gasteiger partial charge in [0.25, 0.3) is 0 Å². The van der Waals surface area contributed by atoms with Crippen LogP contribution in [0.4, 0.5) is 0 Å². The van der Waals surface area contributed by atoms with Crippen LogP contribution in [-0.4, -0.2) is 25.2 Å². The average molecular weight is 286 g/mol. The Balaban J connectivity index is 2.40. The molecule has 0 aliphatic carbocycles. The first kappa shape index (κ1) is 15.3. The van der Waals surface area contributed by atoms with Crippen molar-refractivity contribution < 1.29 is 9.47 Å². The molecule has 0 spiro atoms. The van der Waals surface area contributed by atoms with Gasteiger partial charge >= 0.3 is 0 Å². The molecule has 0 atom stereocenters. The van der Waals surface area contributed by atoms with Crippen molar-refractivity contribution in [2.75, 3.05) is 14.2 Å². The van der Waals surface area contributed by atoms with Crippen LogP contribution in [0, 0.1) is 0 Å². The third-order valence-electron chi connectivity index (χ3n) is 3.27. The number of ether oxygens (including phenoxy) is 2. The van der Waals surface area contributed by atoms with E-state index in [-0.39, 0.29) is 0 Å². The molecule has 0 aliphatic heterocycles. The Kier molecular flexibility index (Phi) is 5.17. The highest BCUT2D eigenvalue weighted by Gasteiger charge is 2.09. The lowest BCUT2D eigenvalue weighted by Crippen LogP contribution is -2.22. The highest BCUT2D eigenvalue weighted by Crippen LogP contribution is 2.29. The molecule has 0 radical (unpaired) electrons. The van der Waals surface area contributed by atoms with Crippen LogP contribution >= 0.6 is 0 Å². The van der Waals surface area contributed by atoms with Gasteiger partial charge in [0.05, 0.1) is 20.4 Å². The van der Waals surface area contributed by atoms with Crippen molar-refractivity contribution in [3.8, 4) is 22.6 Å². The summed E-state index contributed by atoms with van der Waals surface area (Å²) in [7, 11) is 3.33. The van der Waals surface area contributed by atoms with E-state index in [2.05, 4.69) is 36.3 Å². The van der Waals surface area contributed by atoms with Crippen LogP contribution < -0.4 is 14.8 Å². The fraction of sp³-hybridized carbons (Fsp3) is 0.353. The Morgan fingerprint density at radius 3 is 2.48 bits per heavy atom. The molecule has 0 fully saturated rings. The van der Waals surface area contributed by atoms with E-state index in [4.69, 9.17) is 9.47 Å². The van der Waals surface area contributed by atoms with Crippen LogP contribution in [0.3, 0.4) is 0 Å². The van der Waals surface area contributed by atoms with Gasteiger partial charge in [0.2, 0.25) is 0 Å². The van der Waals surface area contributed by atoms with Crippen molar-refractivity contribution >= 4 is 0 Å². The predicted molar refractivity (Wildman–Crippen MR) is 84.8 cm³/mol. The summed E-state index contributed by atoms with van der Waals surface area (Å²) in [5.74, 6) is 1.61. The molecule has 1 aromatic carbocycles.